The lowest BCUT2D eigenvalue weighted by Gasteiger charge is -2.20. The summed E-state index contributed by atoms with van der Waals surface area (Å²) in [6, 6.07) is 0. The molecule has 0 bridgehead atoms. The van der Waals surface area contributed by atoms with Gasteiger partial charge in [-0.3, -0.25) is 0 Å². The molecule has 47 heavy (non-hydrogen) atoms. The number of ether oxygens (including phenoxy) is 2. The summed E-state index contributed by atoms with van der Waals surface area (Å²) in [7, 11) is 0. The van der Waals surface area contributed by atoms with Gasteiger partial charge in [-0.05, 0) is 77.0 Å². The summed E-state index contributed by atoms with van der Waals surface area (Å²) in [5.41, 5.74) is 0. The molecular weight excluding hydrogens is 574 g/mol. The van der Waals surface area contributed by atoms with Crippen molar-refractivity contribution in [3.8, 4) is 0 Å². The summed E-state index contributed by atoms with van der Waals surface area (Å²) >= 11 is 0. The monoisotopic (exact) mass is 656 g/mol. The van der Waals surface area contributed by atoms with E-state index in [4.69, 9.17) is 9.47 Å². The molecule has 1 aliphatic rings. The smallest absolute Gasteiger partial charge is 0.0973 e. The van der Waals surface area contributed by atoms with Gasteiger partial charge in [-0.25, -0.2) is 0 Å². The van der Waals surface area contributed by atoms with Gasteiger partial charge < -0.3 is 14.8 Å². The van der Waals surface area contributed by atoms with E-state index in [0.717, 1.165) is 39.1 Å². The van der Waals surface area contributed by atoms with Crippen molar-refractivity contribution in [2.75, 3.05) is 26.3 Å². The maximum absolute atomic E-state index is 6.23. The highest BCUT2D eigenvalue weighted by atomic mass is 16.5. The molecule has 1 rings (SSSR count). The van der Waals surface area contributed by atoms with E-state index in [9.17, 15) is 0 Å². The Morgan fingerprint density at radius 1 is 0.383 bits per heavy atom. The van der Waals surface area contributed by atoms with E-state index in [1.165, 1.54) is 167 Å². The summed E-state index contributed by atoms with van der Waals surface area (Å²) in [4.78, 5) is 0. The molecule has 0 aliphatic carbocycles. The average Bonchev–Trinajstić information content (AvgIpc) is 3.53. The molecule has 1 fully saturated rings. The lowest BCUT2D eigenvalue weighted by molar-refractivity contribution is -0.0481. The molecule has 1 unspecified atom stereocenters. The maximum atomic E-state index is 6.23. The predicted octanol–water partition coefficient (Wildman–Crippen LogP) is 13.5. The Kier molecular flexibility index (Phi) is 35.1. The first-order valence-electron chi connectivity index (χ1n) is 20.9. The summed E-state index contributed by atoms with van der Waals surface area (Å²) in [5, 5.41) is 3.48. The van der Waals surface area contributed by atoms with Crippen LogP contribution in [0.2, 0.25) is 0 Å². The number of unbranched alkanes of at least 4 members (excludes halogenated alkanes) is 22. The van der Waals surface area contributed by atoms with Crippen LogP contribution in [0.5, 0.6) is 0 Å². The summed E-state index contributed by atoms with van der Waals surface area (Å²) in [6.45, 7) is 8.20. The lowest BCUT2D eigenvalue weighted by atomic mass is 10.1. The molecule has 0 aromatic rings. The van der Waals surface area contributed by atoms with Crippen LogP contribution >= 0.6 is 0 Å². The van der Waals surface area contributed by atoms with Crippen LogP contribution in [0.4, 0.5) is 0 Å². The Morgan fingerprint density at radius 2 is 0.681 bits per heavy atom. The van der Waals surface area contributed by atoms with Crippen LogP contribution in [-0.2, 0) is 9.47 Å². The lowest BCUT2D eigenvalue weighted by Crippen LogP contribution is -2.30. The molecule has 274 valence electrons. The first-order chi connectivity index (χ1) is 23.4. The van der Waals surface area contributed by atoms with Gasteiger partial charge in [-0.15, -0.1) is 0 Å². The topological polar surface area (TPSA) is 30.5 Å². The highest BCUT2D eigenvalue weighted by molar-refractivity contribution is 4.93. The zero-order valence-corrected chi connectivity index (χ0v) is 31.7. The average molecular weight is 656 g/mol. The number of nitrogens with one attached hydrogen (secondary N) is 1. The van der Waals surface area contributed by atoms with Gasteiger partial charge in [0.2, 0.25) is 0 Å². The van der Waals surface area contributed by atoms with Crippen LogP contribution in [-0.4, -0.2) is 38.5 Å². The number of allylic oxidation sites excluding steroid dienone is 8. The Morgan fingerprint density at radius 3 is 1.02 bits per heavy atom. The van der Waals surface area contributed by atoms with Gasteiger partial charge in [0.1, 0.15) is 0 Å². The van der Waals surface area contributed by atoms with Crippen LogP contribution in [0, 0.1) is 0 Å². The molecule has 0 amide bonds. The zero-order valence-electron chi connectivity index (χ0n) is 31.7. The van der Waals surface area contributed by atoms with Gasteiger partial charge in [-0.2, -0.15) is 0 Å². The van der Waals surface area contributed by atoms with Gasteiger partial charge in [-0.1, -0.05) is 165 Å². The standard InChI is InChI=1S/C44H81NO2/c1-3-5-7-9-11-13-15-17-19-21-23-25-27-29-31-33-35-37-39-46-43-41-45-42-44(43)47-40-38-36-34-32-30-28-26-24-22-20-18-16-14-12-10-8-6-4-2/h11-14,17-20,43-45H,3-10,15-16,21-42H2,1-2H3/t43-,44?/m1/s1. The van der Waals surface area contributed by atoms with Crippen molar-refractivity contribution in [2.45, 2.75) is 206 Å². The molecule has 1 heterocycles. The molecule has 2 atom stereocenters. The minimum atomic E-state index is 0.243. The minimum Gasteiger partial charge on any atom is -0.374 e. The van der Waals surface area contributed by atoms with Crippen LogP contribution in [0.1, 0.15) is 194 Å². The highest BCUT2D eigenvalue weighted by Crippen LogP contribution is 2.15. The van der Waals surface area contributed by atoms with Crippen molar-refractivity contribution >= 4 is 0 Å². The van der Waals surface area contributed by atoms with Crippen molar-refractivity contribution in [2.24, 2.45) is 0 Å². The normalized spacial score (nSPS) is 17.1. The van der Waals surface area contributed by atoms with Crippen molar-refractivity contribution in [3.05, 3.63) is 48.6 Å². The molecule has 3 nitrogen and oxygen atoms in total. The van der Waals surface area contributed by atoms with Crippen LogP contribution in [0.15, 0.2) is 48.6 Å². The van der Waals surface area contributed by atoms with Gasteiger partial charge in [0.15, 0.2) is 0 Å². The number of hydrogen-bond acceptors (Lipinski definition) is 3. The van der Waals surface area contributed by atoms with Crippen molar-refractivity contribution in [1.29, 1.82) is 0 Å². The van der Waals surface area contributed by atoms with Gasteiger partial charge in [0.05, 0.1) is 12.2 Å². The van der Waals surface area contributed by atoms with Gasteiger partial charge in [0, 0.05) is 26.3 Å². The van der Waals surface area contributed by atoms with E-state index in [1.54, 1.807) is 0 Å². The molecule has 3 heteroatoms. The van der Waals surface area contributed by atoms with Crippen molar-refractivity contribution in [1.82, 2.24) is 5.32 Å². The Balaban J connectivity index is 1.82. The summed E-state index contributed by atoms with van der Waals surface area (Å²) < 4.78 is 12.5. The Hall–Kier alpha value is -1.16. The highest BCUT2D eigenvalue weighted by Gasteiger charge is 2.28. The first-order valence-corrected chi connectivity index (χ1v) is 20.9. The molecule has 0 aromatic heterocycles. The second kappa shape index (κ2) is 37.7. The van der Waals surface area contributed by atoms with E-state index in [-0.39, 0.29) is 12.2 Å². The third-order valence-corrected chi connectivity index (χ3v) is 9.46. The second-order valence-corrected chi connectivity index (χ2v) is 14.1. The second-order valence-electron chi connectivity index (χ2n) is 14.1. The van der Waals surface area contributed by atoms with E-state index < -0.39 is 0 Å². The molecular formula is C44H81NO2. The van der Waals surface area contributed by atoms with E-state index >= 15 is 0 Å². The zero-order chi connectivity index (χ0) is 33.6. The van der Waals surface area contributed by atoms with Gasteiger partial charge >= 0.3 is 0 Å². The predicted molar refractivity (Wildman–Crippen MR) is 210 cm³/mol. The molecule has 1 N–H and O–H groups in total. The molecule has 0 saturated carbocycles. The third-order valence-electron chi connectivity index (χ3n) is 9.46. The van der Waals surface area contributed by atoms with Crippen molar-refractivity contribution in [3.63, 3.8) is 0 Å². The molecule has 1 saturated heterocycles. The largest absolute Gasteiger partial charge is 0.374 e. The van der Waals surface area contributed by atoms with Crippen LogP contribution in [0.25, 0.3) is 0 Å². The maximum Gasteiger partial charge on any atom is 0.0973 e. The molecule has 0 radical (unpaired) electrons. The SMILES string of the molecule is CCCCCC=CCC=CCCCCCCCCCCOC1CNC[C@H]1OCCCCCCCCCCC=CCC=CCCCCC. The number of hydrogen-bond donors (Lipinski definition) is 1. The fourth-order valence-electron chi connectivity index (χ4n) is 6.32. The third kappa shape index (κ3) is 31.8. The first kappa shape index (κ1) is 43.9. The van der Waals surface area contributed by atoms with Crippen LogP contribution in [0.3, 0.4) is 0 Å². The fourth-order valence-corrected chi connectivity index (χ4v) is 6.32. The van der Waals surface area contributed by atoms with Crippen molar-refractivity contribution < 1.29 is 9.47 Å². The summed E-state index contributed by atoms with van der Waals surface area (Å²) in [6.07, 6.45) is 56.0. The van der Waals surface area contributed by atoms with E-state index in [1.807, 2.05) is 0 Å². The number of rotatable bonds is 36. The molecule has 0 spiro atoms. The summed E-state index contributed by atoms with van der Waals surface area (Å²) in [5.74, 6) is 0. The quantitative estimate of drug-likeness (QED) is 0.0538. The molecule has 0 aromatic carbocycles. The Labute approximate surface area is 294 Å². The van der Waals surface area contributed by atoms with E-state index in [0.29, 0.717) is 0 Å². The van der Waals surface area contributed by atoms with Gasteiger partial charge in [0.25, 0.3) is 0 Å². The fraction of sp³-hybridized carbons (Fsp3) is 0.818. The minimum absolute atomic E-state index is 0.243. The Bertz CT molecular complexity index is 666. The molecule has 1 aliphatic heterocycles. The van der Waals surface area contributed by atoms with Crippen LogP contribution < -0.4 is 5.32 Å². The van der Waals surface area contributed by atoms with E-state index in [2.05, 4.69) is 67.8 Å².